The van der Waals surface area contributed by atoms with E-state index in [2.05, 4.69) is 4.90 Å². The van der Waals surface area contributed by atoms with Gasteiger partial charge >= 0.3 is 0 Å². The molecule has 0 aromatic rings. The number of primary amides is 1. The molecule has 1 heterocycles. The molecule has 1 amide bonds. The number of nitrogens with zero attached hydrogens (tertiary/aromatic N) is 1. The second-order valence-electron chi connectivity index (χ2n) is 5.09. The van der Waals surface area contributed by atoms with E-state index in [-0.39, 0.29) is 17.4 Å². The zero-order valence-corrected chi connectivity index (χ0v) is 9.24. The first kappa shape index (κ1) is 10.9. The summed E-state index contributed by atoms with van der Waals surface area (Å²) in [4.78, 5) is 13.3. The largest absolute Gasteiger partial charge is 0.368 e. The lowest BCUT2D eigenvalue weighted by atomic mass is 9.83. The number of carbonyl (C=O) groups is 1. The van der Waals surface area contributed by atoms with Crippen LogP contribution in [0.25, 0.3) is 0 Å². The minimum atomic E-state index is -0.175. The highest BCUT2D eigenvalue weighted by molar-refractivity contribution is 5.80. The highest BCUT2D eigenvalue weighted by Gasteiger charge is 2.40. The number of carbonyl (C=O) groups excluding carboxylic acids is 1. The van der Waals surface area contributed by atoms with E-state index in [0.717, 1.165) is 26.1 Å². The Bertz CT molecular complexity index is 248. The predicted molar refractivity (Wildman–Crippen MR) is 59.1 cm³/mol. The van der Waals surface area contributed by atoms with E-state index in [4.69, 9.17) is 11.5 Å². The molecule has 15 heavy (non-hydrogen) atoms. The molecule has 0 radical (unpaired) electrons. The highest BCUT2D eigenvalue weighted by Crippen LogP contribution is 2.39. The Labute approximate surface area is 91.0 Å². The first-order valence-electron chi connectivity index (χ1n) is 5.90. The summed E-state index contributed by atoms with van der Waals surface area (Å²) in [5, 5.41) is 0. The minimum Gasteiger partial charge on any atom is -0.368 e. The lowest BCUT2D eigenvalue weighted by Gasteiger charge is -2.44. The topological polar surface area (TPSA) is 72.3 Å². The summed E-state index contributed by atoms with van der Waals surface area (Å²) in [5.74, 6) is -0.175. The van der Waals surface area contributed by atoms with Crippen LogP contribution in [0, 0.1) is 5.41 Å². The zero-order valence-electron chi connectivity index (χ0n) is 9.24. The molecule has 0 aromatic heterocycles. The monoisotopic (exact) mass is 211 g/mol. The summed E-state index contributed by atoms with van der Waals surface area (Å²) in [6.45, 7) is 2.72. The molecule has 1 aliphatic carbocycles. The molecule has 1 saturated heterocycles. The third-order valence-corrected chi connectivity index (χ3v) is 4.09. The normalized spacial score (nSPS) is 30.1. The highest BCUT2D eigenvalue weighted by atomic mass is 16.1. The van der Waals surface area contributed by atoms with Crippen molar-refractivity contribution in [3.05, 3.63) is 0 Å². The Morgan fingerprint density at radius 3 is 2.47 bits per heavy atom. The van der Waals surface area contributed by atoms with Crippen molar-refractivity contribution >= 4 is 5.91 Å². The fourth-order valence-electron chi connectivity index (χ4n) is 2.93. The van der Waals surface area contributed by atoms with Gasteiger partial charge in [0.25, 0.3) is 0 Å². The Morgan fingerprint density at radius 2 is 2.07 bits per heavy atom. The van der Waals surface area contributed by atoms with E-state index >= 15 is 0 Å². The molecule has 4 nitrogen and oxygen atoms in total. The molecule has 2 aliphatic rings. The van der Waals surface area contributed by atoms with Crippen LogP contribution in [0.15, 0.2) is 0 Å². The van der Waals surface area contributed by atoms with E-state index in [9.17, 15) is 4.79 Å². The molecular formula is C11H21N3O. The van der Waals surface area contributed by atoms with Crippen molar-refractivity contribution in [2.45, 2.75) is 38.1 Å². The van der Waals surface area contributed by atoms with Gasteiger partial charge in [-0.3, -0.25) is 9.69 Å². The van der Waals surface area contributed by atoms with Gasteiger partial charge in [0, 0.05) is 13.1 Å². The van der Waals surface area contributed by atoms with Gasteiger partial charge in [0.1, 0.15) is 0 Å². The number of rotatable bonds is 4. The van der Waals surface area contributed by atoms with Crippen molar-refractivity contribution in [1.29, 1.82) is 0 Å². The molecule has 2 fully saturated rings. The van der Waals surface area contributed by atoms with Crippen LogP contribution in [0.2, 0.25) is 0 Å². The molecule has 86 valence electrons. The van der Waals surface area contributed by atoms with Crippen molar-refractivity contribution in [1.82, 2.24) is 4.90 Å². The molecule has 4 N–H and O–H groups in total. The maximum Gasteiger partial charge on any atom is 0.234 e. The van der Waals surface area contributed by atoms with Crippen LogP contribution in [0.3, 0.4) is 0 Å². The Balaban J connectivity index is 1.93. The van der Waals surface area contributed by atoms with E-state index in [0.29, 0.717) is 0 Å². The van der Waals surface area contributed by atoms with Gasteiger partial charge < -0.3 is 11.5 Å². The van der Waals surface area contributed by atoms with Crippen molar-refractivity contribution < 1.29 is 4.79 Å². The fraction of sp³-hybridized carbons (Fsp3) is 0.909. The molecule has 1 aliphatic heterocycles. The standard InChI is InChI=1S/C11H21N3O/c12-7-11(4-1-2-5-11)8-14-6-3-9(14)10(13)15/h9H,1-8,12H2,(H2,13,15). The van der Waals surface area contributed by atoms with E-state index in [1.165, 1.54) is 25.7 Å². The first-order chi connectivity index (χ1) is 7.17. The molecule has 0 spiro atoms. The molecule has 1 atom stereocenters. The summed E-state index contributed by atoms with van der Waals surface area (Å²) < 4.78 is 0. The lowest BCUT2D eigenvalue weighted by molar-refractivity contribution is -0.128. The van der Waals surface area contributed by atoms with E-state index in [1.54, 1.807) is 0 Å². The fourth-order valence-corrected chi connectivity index (χ4v) is 2.93. The lowest BCUT2D eigenvalue weighted by Crippen LogP contribution is -2.58. The van der Waals surface area contributed by atoms with Crippen molar-refractivity contribution in [3.63, 3.8) is 0 Å². The maximum atomic E-state index is 11.1. The van der Waals surface area contributed by atoms with Gasteiger partial charge in [-0.05, 0) is 31.2 Å². The Morgan fingerprint density at radius 1 is 1.40 bits per heavy atom. The molecule has 0 bridgehead atoms. The van der Waals surface area contributed by atoms with Crippen molar-refractivity contribution in [2.75, 3.05) is 19.6 Å². The third-order valence-electron chi connectivity index (χ3n) is 4.09. The van der Waals surface area contributed by atoms with E-state index in [1.807, 2.05) is 0 Å². The number of amides is 1. The van der Waals surface area contributed by atoms with Crippen molar-refractivity contribution in [3.8, 4) is 0 Å². The summed E-state index contributed by atoms with van der Waals surface area (Å²) in [5.41, 5.74) is 11.5. The van der Waals surface area contributed by atoms with Crippen LogP contribution in [0.4, 0.5) is 0 Å². The predicted octanol–water partition coefficient (Wildman–Crippen LogP) is 0.0651. The van der Waals surface area contributed by atoms with Gasteiger partial charge in [-0.25, -0.2) is 0 Å². The molecule has 2 rings (SSSR count). The summed E-state index contributed by atoms with van der Waals surface area (Å²) in [7, 11) is 0. The molecule has 4 heteroatoms. The van der Waals surface area contributed by atoms with Crippen LogP contribution >= 0.6 is 0 Å². The second-order valence-corrected chi connectivity index (χ2v) is 5.09. The summed E-state index contributed by atoms with van der Waals surface area (Å²) >= 11 is 0. The summed E-state index contributed by atoms with van der Waals surface area (Å²) in [6, 6.07) is -0.0194. The smallest absolute Gasteiger partial charge is 0.234 e. The van der Waals surface area contributed by atoms with Crippen LogP contribution in [0.5, 0.6) is 0 Å². The third kappa shape index (κ3) is 2.01. The van der Waals surface area contributed by atoms with Gasteiger partial charge in [-0.15, -0.1) is 0 Å². The van der Waals surface area contributed by atoms with Gasteiger partial charge in [0.15, 0.2) is 0 Å². The Hall–Kier alpha value is -0.610. The van der Waals surface area contributed by atoms with Gasteiger partial charge in [-0.2, -0.15) is 0 Å². The molecule has 1 saturated carbocycles. The maximum absolute atomic E-state index is 11.1. The van der Waals surface area contributed by atoms with Gasteiger partial charge in [0.05, 0.1) is 6.04 Å². The number of hydrogen-bond donors (Lipinski definition) is 2. The van der Waals surface area contributed by atoms with Gasteiger partial charge in [-0.1, -0.05) is 12.8 Å². The number of likely N-dealkylation sites (tertiary alicyclic amines) is 1. The second kappa shape index (κ2) is 4.10. The molecule has 1 unspecified atom stereocenters. The molecule has 0 aromatic carbocycles. The number of hydrogen-bond acceptors (Lipinski definition) is 3. The quantitative estimate of drug-likeness (QED) is 0.691. The average Bonchev–Trinajstić information content (AvgIpc) is 2.61. The SMILES string of the molecule is NCC1(CN2CCC2C(N)=O)CCCC1. The average molecular weight is 211 g/mol. The minimum absolute atomic E-state index is 0.0194. The van der Waals surface area contributed by atoms with Crippen LogP contribution < -0.4 is 11.5 Å². The molecular weight excluding hydrogens is 190 g/mol. The summed E-state index contributed by atoms with van der Waals surface area (Å²) in [6.07, 6.45) is 5.92. The number of nitrogens with two attached hydrogens (primary N) is 2. The van der Waals surface area contributed by atoms with E-state index < -0.39 is 0 Å². The van der Waals surface area contributed by atoms with Crippen LogP contribution in [-0.2, 0) is 4.79 Å². The van der Waals surface area contributed by atoms with Crippen molar-refractivity contribution in [2.24, 2.45) is 16.9 Å². The van der Waals surface area contributed by atoms with Crippen LogP contribution in [0.1, 0.15) is 32.1 Å². The van der Waals surface area contributed by atoms with Crippen LogP contribution in [-0.4, -0.2) is 36.5 Å². The zero-order chi connectivity index (χ0) is 10.9. The van der Waals surface area contributed by atoms with Gasteiger partial charge in [0.2, 0.25) is 5.91 Å². The first-order valence-corrected chi connectivity index (χ1v) is 5.90. The Kier molecular flexibility index (Phi) is 2.98.